The number of nitrogens with zero attached hydrogens (tertiary/aromatic N) is 1. The van der Waals surface area contributed by atoms with Crippen molar-refractivity contribution < 1.29 is 23.7 Å². The molecule has 0 fully saturated rings. The van der Waals surface area contributed by atoms with E-state index < -0.39 is 6.43 Å². The van der Waals surface area contributed by atoms with Crippen LogP contribution in [0.3, 0.4) is 0 Å². The SMILES string of the molecule is OCCOCCN(CCO)CC(F)F. The van der Waals surface area contributed by atoms with E-state index in [1.807, 2.05) is 0 Å². The zero-order chi connectivity index (χ0) is 10.8. The first-order valence-electron chi connectivity index (χ1n) is 4.50. The molecule has 0 spiro atoms. The summed E-state index contributed by atoms with van der Waals surface area (Å²) in [7, 11) is 0. The predicted octanol–water partition coefficient (Wildman–Crippen LogP) is -0.445. The third kappa shape index (κ3) is 8.31. The molecule has 0 aromatic heterocycles. The van der Waals surface area contributed by atoms with Crippen LogP contribution in [0, 0.1) is 0 Å². The van der Waals surface area contributed by atoms with Crippen LogP contribution < -0.4 is 0 Å². The molecule has 0 bridgehead atoms. The van der Waals surface area contributed by atoms with Gasteiger partial charge in [0.2, 0.25) is 0 Å². The fourth-order valence-corrected chi connectivity index (χ4v) is 0.991. The summed E-state index contributed by atoms with van der Waals surface area (Å²) in [6.07, 6.45) is -2.40. The van der Waals surface area contributed by atoms with Crippen LogP contribution in [0.4, 0.5) is 8.78 Å². The first-order valence-corrected chi connectivity index (χ1v) is 4.50. The maximum Gasteiger partial charge on any atom is 0.251 e. The Labute approximate surface area is 82.1 Å². The molecule has 0 radical (unpaired) electrons. The molecular weight excluding hydrogens is 196 g/mol. The van der Waals surface area contributed by atoms with Gasteiger partial charge in [-0.3, -0.25) is 4.90 Å². The molecule has 0 aromatic carbocycles. The average Bonchev–Trinajstić information content (AvgIpc) is 2.12. The van der Waals surface area contributed by atoms with E-state index in [0.717, 1.165) is 0 Å². The molecule has 0 heterocycles. The summed E-state index contributed by atoms with van der Waals surface area (Å²) in [5, 5.41) is 17.0. The van der Waals surface area contributed by atoms with E-state index >= 15 is 0 Å². The number of ether oxygens (including phenoxy) is 1. The van der Waals surface area contributed by atoms with Crippen LogP contribution in [0.1, 0.15) is 0 Å². The molecule has 0 unspecified atom stereocenters. The highest BCUT2D eigenvalue weighted by atomic mass is 19.3. The van der Waals surface area contributed by atoms with Gasteiger partial charge in [-0.2, -0.15) is 0 Å². The second-order valence-electron chi connectivity index (χ2n) is 2.75. The van der Waals surface area contributed by atoms with Gasteiger partial charge in [-0.05, 0) is 0 Å². The van der Waals surface area contributed by atoms with E-state index in [1.165, 1.54) is 4.90 Å². The normalized spacial score (nSPS) is 11.6. The van der Waals surface area contributed by atoms with E-state index in [0.29, 0.717) is 6.54 Å². The molecule has 0 aliphatic heterocycles. The summed E-state index contributed by atoms with van der Waals surface area (Å²) in [6, 6.07) is 0. The fourth-order valence-electron chi connectivity index (χ4n) is 0.991. The van der Waals surface area contributed by atoms with Crippen molar-refractivity contribution >= 4 is 0 Å². The number of halogens is 2. The average molecular weight is 213 g/mol. The first kappa shape index (κ1) is 13.7. The number of aliphatic hydroxyl groups excluding tert-OH is 2. The van der Waals surface area contributed by atoms with Crippen molar-refractivity contribution in [3.05, 3.63) is 0 Å². The summed E-state index contributed by atoms with van der Waals surface area (Å²) in [5.74, 6) is 0. The molecule has 0 saturated heterocycles. The zero-order valence-electron chi connectivity index (χ0n) is 8.03. The molecule has 0 atom stereocenters. The monoisotopic (exact) mass is 213 g/mol. The minimum Gasteiger partial charge on any atom is -0.395 e. The van der Waals surface area contributed by atoms with Gasteiger partial charge in [0.05, 0.1) is 33.0 Å². The van der Waals surface area contributed by atoms with Crippen molar-refractivity contribution in [3.8, 4) is 0 Å². The first-order chi connectivity index (χ1) is 6.70. The molecule has 2 N–H and O–H groups in total. The third-order valence-electron chi connectivity index (χ3n) is 1.60. The molecule has 6 heteroatoms. The topological polar surface area (TPSA) is 52.9 Å². The highest BCUT2D eigenvalue weighted by Gasteiger charge is 2.10. The Morgan fingerprint density at radius 2 is 1.79 bits per heavy atom. The molecule has 0 aliphatic carbocycles. The molecule has 0 aliphatic rings. The molecule has 86 valence electrons. The van der Waals surface area contributed by atoms with Gasteiger partial charge in [0, 0.05) is 13.1 Å². The molecule has 0 aromatic rings. The quantitative estimate of drug-likeness (QED) is 0.510. The maximum absolute atomic E-state index is 12.0. The molecule has 4 nitrogen and oxygen atoms in total. The zero-order valence-corrected chi connectivity index (χ0v) is 8.03. The summed E-state index contributed by atoms with van der Waals surface area (Å²) in [5.41, 5.74) is 0. The van der Waals surface area contributed by atoms with Crippen LogP contribution in [0.5, 0.6) is 0 Å². The number of aliphatic hydroxyl groups is 2. The van der Waals surface area contributed by atoms with Gasteiger partial charge in [-0.15, -0.1) is 0 Å². The lowest BCUT2D eigenvalue weighted by atomic mass is 10.4. The second-order valence-corrected chi connectivity index (χ2v) is 2.75. The van der Waals surface area contributed by atoms with Crippen LogP contribution in [0.2, 0.25) is 0 Å². The molecular formula is C8H17F2NO3. The van der Waals surface area contributed by atoms with Crippen molar-refractivity contribution in [2.75, 3.05) is 46.1 Å². The molecule has 14 heavy (non-hydrogen) atoms. The summed E-state index contributed by atoms with van der Waals surface area (Å²) in [4.78, 5) is 1.42. The van der Waals surface area contributed by atoms with Crippen LogP contribution in [-0.4, -0.2) is 67.6 Å². The van der Waals surface area contributed by atoms with Gasteiger partial charge < -0.3 is 14.9 Å². The number of hydrogen-bond donors (Lipinski definition) is 2. The van der Waals surface area contributed by atoms with Crippen LogP contribution in [-0.2, 0) is 4.74 Å². The van der Waals surface area contributed by atoms with Crippen LogP contribution >= 0.6 is 0 Å². The van der Waals surface area contributed by atoms with Gasteiger partial charge in [0.15, 0.2) is 0 Å². The number of hydrogen-bond acceptors (Lipinski definition) is 4. The fraction of sp³-hybridized carbons (Fsp3) is 1.00. The Kier molecular flexibility index (Phi) is 9.06. The van der Waals surface area contributed by atoms with Gasteiger partial charge in [0.25, 0.3) is 6.43 Å². The van der Waals surface area contributed by atoms with Crippen molar-refractivity contribution in [3.63, 3.8) is 0 Å². The van der Waals surface area contributed by atoms with Crippen molar-refractivity contribution in [2.24, 2.45) is 0 Å². The van der Waals surface area contributed by atoms with Crippen molar-refractivity contribution in [1.82, 2.24) is 4.90 Å². The standard InChI is InChI=1S/C8H17F2NO3/c9-8(10)7-11(1-3-12)2-5-14-6-4-13/h8,12-13H,1-7H2. The molecule has 0 rings (SSSR count). The second kappa shape index (κ2) is 9.26. The Morgan fingerprint density at radius 1 is 1.07 bits per heavy atom. The summed E-state index contributed by atoms with van der Waals surface area (Å²) < 4.78 is 28.9. The minimum absolute atomic E-state index is 0.0746. The predicted molar refractivity (Wildman–Crippen MR) is 47.4 cm³/mol. The molecule has 0 saturated carbocycles. The maximum atomic E-state index is 12.0. The van der Waals surface area contributed by atoms with Gasteiger partial charge in [-0.25, -0.2) is 8.78 Å². The third-order valence-corrected chi connectivity index (χ3v) is 1.60. The van der Waals surface area contributed by atoms with E-state index in [9.17, 15) is 8.78 Å². The Hall–Kier alpha value is -0.300. The van der Waals surface area contributed by atoms with E-state index in [-0.39, 0.29) is 39.5 Å². The number of alkyl halides is 2. The summed E-state index contributed by atoms with van der Waals surface area (Å²) >= 11 is 0. The highest BCUT2D eigenvalue weighted by Crippen LogP contribution is 1.97. The minimum atomic E-state index is -2.40. The van der Waals surface area contributed by atoms with Crippen LogP contribution in [0.15, 0.2) is 0 Å². The van der Waals surface area contributed by atoms with E-state index in [4.69, 9.17) is 14.9 Å². The lowest BCUT2D eigenvalue weighted by Crippen LogP contribution is -2.34. The van der Waals surface area contributed by atoms with E-state index in [1.54, 1.807) is 0 Å². The lowest BCUT2D eigenvalue weighted by Gasteiger charge is -2.20. The largest absolute Gasteiger partial charge is 0.395 e. The van der Waals surface area contributed by atoms with Crippen molar-refractivity contribution in [1.29, 1.82) is 0 Å². The van der Waals surface area contributed by atoms with Gasteiger partial charge >= 0.3 is 0 Å². The Bertz CT molecular complexity index is 127. The van der Waals surface area contributed by atoms with Crippen molar-refractivity contribution in [2.45, 2.75) is 6.43 Å². The number of rotatable bonds is 9. The lowest BCUT2D eigenvalue weighted by molar-refractivity contribution is 0.0417. The Balaban J connectivity index is 3.51. The summed E-state index contributed by atoms with van der Waals surface area (Å²) in [6.45, 7) is 0.470. The van der Waals surface area contributed by atoms with Gasteiger partial charge in [0.1, 0.15) is 0 Å². The van der Waals surface area contributed by atoms with Gasteiger partial charge in [-0.1, -0.05) is 0 Å². The van der Waals surface area contributed by atoms with E-state index in [2.05, 4.69) is 0 Å². The smallest absolute Gasteiger partial charge is 0.251 e. The highest BCUT2D eigenvalue weighted by molar-refractivity contribution is 4.57. The Morgan fingerprint density at radius 3 is 2.29 bits per heavy atom. The van der Waals surface area contributed by atoms with Crippen LogP contribution in [0.25, 0.3) is 0 Å². The molecule has 0 amide bonds.